The molecule has 0 radical (unpaired) electrons. The lowest BCUT2D eigenvalue weighted by Gasteiger charge is -2.14. The molecule has 32 heavy (non-hydrogen) atoms. The first-order valence-corrected chi connectivity index (χ1v) is 11.0. The predicted molar refractivity (Wildman–Crippen MR) is 112 cm³/mol. The molecule has 0 bridgehead atoms. The maximum atomic E-state index is 13.6. The van der Waals surface area contributed by atoms with Crippen molar-refractivity contribution in [3.63, 3.8) is 0 Å². The Bertz CT molecular complexity index is 1240. The van der Waals surface area contributed by atoms with Gasteiger partial charge in [0.25, 0.3) is 0 Å². The van der Waals surface area contributed by atoms with Gasteiger partial charge in [0.1, 0.15) is 23.2 Å². The molecule has 168 valence electrons. The molecule has 0 aliphatic rings. The quantitative estimate of drug-likeness (QED) is 0.202. The zero-order chi connectivity index (χ0) is 23.3. The third-order valence-corrected chi connectivity index (χ3v) is 5.71. The van der Waals surface area contributed by atoms with Crippen molar-refractivity contribution in [2.75, 3.05) is 6.54 Å². The maximum absolute atomic E-state index is 13.6. The average Bonchev–Trinajstić information content (AvgIpc) is 3.07. The largest absolute Gasteiger partial charge is 0.378 e. The maximum Gasteiger partial charge on any atom is 0.357 e. The summed E-state index contributed by atoms with van der Waals surface area (Å²) in [6.07, 6.45) is 1.73. The number of imidazole rings is 1. The van der Waals surface area contributed by atoms with Crippen LogP contribution >= 0.6 is 0 Å². The molecule has 0 saturated heterocycles. The van der Waals surface area contributed by atoms with E-state index in [1.54, 1.807) is 38.2 Å². The monoisotopic (exact) mass is 462 g/mol. The molecule has 0 aliphatic heterocycles. The van der Waals surface area contributed by atoms with Crippen LogP contribution in [-0.2, 0) is 23.1 Å². The van der Waals surface area contributed by atoms with E-state index in [9.17, 15) is 17.2 Å². The van der Waals surface area contributed by atoms with E-state index in [-0.39, 0.29) is 36.1 Å². The number of benzene rings is 1. The molecule has 0 spiro atoms. The molecule has 12 heteroatoms. The Morgan fingerprint density at radius 1 is 1.22 bits per heavy atom. The lowest BCUT2D eigenvalue weighted by molar-refractivity contribution is 0.465. The lowest BCUT2D eigenvalue weighted by Crippen LogP contribution is -2.19. The van der Waals surface area contributed by atoms with Crippen molar-refractivity contribution in [1.29, 1.82) is 0 Å². The molecule has 0 aliphatic carbocycles. The second-order valence-corrected chi connectivity index (χ2v) is 8.59. The van der Waals surface area contributed by atoms with Gasteiger partial charge in [-0.1, -0.05) is 25.0 Å². The molecule has 2 aromatic heterocycles. The molecule has 0 unspecified atom stereocenters. The Labute approximate surface area is 183 Å². The van der Waals surface area contributed by atoms with Gasteiger partial charge in [-0.25, -0.2) is 13.8 Å². The minimum Gasteiger partial charge on any atom is -0.378 e. The Kier molecular flexibility index (Phi) is 7.06. The zero-order valence-corrected chi connectivity index (χ0v) is 18.1. The van der Waals surface area contributed by atoms with E-state index in [0.29, 0.717) is 17.6 Å². The number of hydrogen-bond donors (Lipinski definition) is 0. The van der Waals surface area contributed by atoms with Crippen LogP contribution in [0.3, 0.4) is 0 Å². The van der Waals surface area contributed by atoms with Crippen molar-refractivity contribution in [3.05, 3.63) is 81.9 Å². The molecule has 0 fully saturated rings. The van der Waals surface area contributed by atoms with E-state index in [0.717, 1.165) is 12.1 Å². The predicted octanol–water partition coefficient (Wildman–Crippen LogP) is 4.35. The third-order valence-electron chi connectivity index (χ3n) is 4.40. The summed E-state index contributed by atoms with van der Waals surface area (Å²) in [6, 6.07) is 7.35. The molecular weight excluding hydrogens is 442 g/mol. The van der Waals surface area contributed by atoms with Crippen molar-refractivity contribution < 1.29 is 21.4 Å². The molecule has 1 aromatic carbocycles. The standard InChI is InChI=1S/C20H20F2N6O3S/c1-13(2)19-20(32(29,30)31-17-10-14(21)9-15(22)11-17)28(12-16-5-3-4-7-24-16)18(26-19)6-8-25-27-23/h3-5,7,9-11,13H,6,8,12H2,1-2H3. The van der Waals surface area contributed by atoms with Crippen LogP contribution in [0.2, 0.25) is 0 Å². The summed E-state index contributed by atoms with van der Waals surface area (Å²) >= 11 is 0. The van der Waals surface area contributed by atoms with E-state index < -0.39 is 27.5 Å². The van der Waals surface area contributed by atoms with E-state index >= 15 is 0 Å². The minimum atomic E-state index is -4.55. The number of azide groups is 1. The van der Waals surface area contributed by atoms with Gasteiger partial charge in [-0.05, 0) is 23.6 Å². The summed E-state index contributed by atoms with van der Waals surface area (Å²) in [5, 5.41) is 3.24. The normalized spacial score (nSPS) is 11.4. The van der Waals surface area contributed by atoms with Gasteiger partial charge in [-0.3, -0.25) is 4.98 Å². The first kappa shape index (κ1) is 23.2. The van der Waals surface area contributed by atoms with Gasteiger partial charge in [-0.2, -0.15) is 8.42 Å². The molecule has 0 atom stereocenters. The second kappa shape index (κ2) is 9.75. The Hall–Kier alpha value is -3.50. The highest BCUT2D eigenvalue weighted by Crippen LogP contribution is 2.29. The summed E-state index contributed by atoms with van der Waals surface area (Å²) in [5.74, 6) is -2.43. The van der Waals surface area contributed by atoms with Crippen molar-refractivity contribution in [2.45, 2.75) is 37.8 Å². The summed E-state index contributed by atoms with van der Waals surface area (Å²) in [6.45, 7) is 3.61. The summed E-state index contributed by atoms with van der Waals surface area (Å²) in [4.78, 5) is 11.4. The second-order valence-electron chi connectivity index (χ2n) is 7.13. The van der Waals surface area contributed by atoms with Crippen molar-refractivity contribution >= 4 is 10.1 Å². The fourth-order valence-electron chi connectivity index (χ4n) is 3.09. The van der Waals surface area contributed by atoms with E-state index in [4.69, 9.17) is 9.71 Å². The van der Waals surface area contributed by atoms with E-state index in [2.05, 4.69) is 20.0 Å². The van der Waals surface area contributed by atoms with Crippen molar-refractivity contribution in [3.8, 4) is 5.75 Å². The van der Waals surface area contributed by atoms with Gasteiger partial charge in [0.05, 0.1) is 17.9 Å². The summed E-state index contributed by atoms with van der Waals surface area (Å²) < 4.78 is 60.2. The van der Waals surface area contributed by atoms with E-state index in [1.807, 2.05) is 0 Å². The Morgan fingerprint density at radius 2 is 1.94 bits per heavy atom. The minimum absolute atomic E-state index is 0.0433. The number of nitrogens with zero attached hydrogens (tertiary/aromatic N) is 6. The Morgan fingerprint density at radius 3 is 2.53 bits per heavy atom. The highest BCUT2D eigenvalue weighted by molar-refractivity contribution is 7.87. The molecule has 3 rings (SSSR count). The van der Waals surface area contributed by atoms with Gasteiger partial charge in [-0.15, -0.1) is 0 Å². The molecule has 0 N–H and O–H groups in total. The molecule has 0 saturated carbocycles. The Balaban J connectivity index is 2.15. The van der Waals surface area contributed by atoms with Crippen LogP contribution in [0.5, 0.6) is 5.75 Å². The van der Waals surface area contributed by atoms with Gasteiger partial charge in [0, 0.05) is 42.3 Å². The molecule has 3 aromatic rings. The smallest absolute Gasteiger partial charge is 0.357 e. The molecule has 0 amide bonds. The summed E-state index contributed by atoms with van der Waals surface area (Å²) in [7, 11) is -4.55. The van der Waals surface area contributed by atoms with Crippen LogP contribution in [0.4, 0.5) is 8.78 Å². The zero-order valence-electron chi connectivity index (χ0n) is 17.3. The highest BCUT2D eigenvalue weighted by Gasteiger charge is 2.31. The fraction of sp³-hybridized carbons (Fsp3) is 0.300. The van der Waals surface area contributed by atoms with Gasteiger partial charge in [0.15, 0.2) is 5.03 Å². The van der Waals surface area contributed by atoms with Gasteiger partial charge in [0.2, 0.25) is 0 Å². The number of halogens is 2. The van der Waals surface area contributed by atoms with Crippen molar-refractivity contribution in [2.24, 2.45) is 5.11 Å². The first-order chi connectivity index (χ1) is 15.2. The highest BCUT2D eigenvalue weighted by atomic mass is 32.2. The van der Waals surface area contributed by atoms with Crippen LogP contribution in [0, 0.1) is 11.6 Å². The van der Waals surface area contributed by atoms with Crippen molar-refractivity contribution in [1.82, 2.24) is 14.5 Å². The van der Waals surface area contributed by atoms with Crippen LogP contribution < -0.4 is 4.18 Å². The molecule has 9 nitrogen and oxygen atoms in total. The molecular formula is C20H20F2N6O3S. The number of hydrogen-bond acceptors (Lipinski definition) is 6. The topological polar surface area (TPSA) is 123 Å². The lowest BCUT2D eigenvalue weighted by atomic mass is 10.1. The first-order valence-electron chi connectivity index (χ1n) is 9.62. The third kappa shape index (κ3) is 5.40. The van der Waals surface area contributed by atoms with Crippen LogP contribution in [0.1, 0.15) is 37.0 Å². The van der Waals surface area contributed by atoms with Crippen LogP contribution in [-0.4, -0.2) is 29.5 Å². The summed E-state index contributed by atoms with van der Waals surface area (Å²) in [5.41, 5.74) is 9.35. The van der Waals surface area contributed by atoms with Gasteiger partial charge < -0.3 is 8.75 Å². The van der Waals surface area contributed by atoms with Gasteiger partial charge >= 0.3 is 10.1 Å². The fourth-order valence-corrected chi connectivity index (χ4v) is 4.49. The number of aromatic nitrogens is 3. The number of pyridine rings is 1. The number of rotatable bonds is 9. The van der Waals surface area contributed by atoms with Crippen LogP contribution in [0.25, 0.3) is 10.4 Å². The average molecular weight is 462 g/mol. The molecule has 2 heterocycles. The van der Waals surface area contributed by atoms with E-state index in [1.165, 1.54) is 4.57 Å². The van der Waals surface area contributed by atoms with Crippen LogP contribution in [0.15, 0.2) is 52.7 Å². The SMILES string of the molecule is CC(C)c1nc(CCN=[N+]=[N-])n(Cc2ccccn2)c1S(=O)(=O)Oc1cc(F)cc(F)c1.